The van der Waals surface area contributed by atoms with E-state index in [2.05, 4.69) is 5.32 Å². The Morgan fingerprint density at radius 2 is 2.07 bits per heavy atom. The first-order chi connectivity index (χ1) is 7.05. The minimum atomic E-state index is -3.15. The number of nitrogens with one attached hydrogen (secondary N) is 1. The van der Waals surface area contributed by atoms with Gasteiger partial charge in [0.15, 0.2) is 9.84 Å². The molecule has 0 saturated carbocycles. The molecule has 0 fully saturated rings. The van der Waals surface area contributed by atoms with Gasteiger partial charge in [0.05, 0.1) is 23.4 Å². The zero-order chi connectivity index (χ0) is 11.5. The molecule has 0 aliphatic heterocycles. The summed E-state index contributed by atoms with van der Waals surface area (Å²) in [6, 6.07) is 4.78. The van der Waals surface area contributed by atoms with Crippen LogP contribution in [0.25, 0.3) is 0 Å². The summed E-state index contributed by atoms with van der Waals surface area (Å²) in [5.74, 6) is 0.732. The van der Waals surface area contributed by atoms with Gasteiger partial charge in [0.1, 0.15) is 5.75 Å². The number of hydrogen-bond donors (Lipinski definition) is 1. The van der Waals surface area contributed by atoms with Gasteiger partial charge in [-0.15, -0.1) is 0 Å². The van der Waals surface area contributed by atoms with Crippen LogP contribution in [0.15, 0.2) is 23.1 Å². The maximum Gasteiger partial charge on any atom is 0.178 e. The van der Waals surface area contributed by atoms with Gasteiger partial charge in [-0.25, -0.2) is 8.42 Å². The van der Waals surface area contributed by atoms with Crippen LogP contribution >= 0.6 is 0 Å². The second-order valence-corrected chi connectivity index (χ2v) is 5.29. The van der Waals surface area contributed by atoms with Crippen LogP contribution < -0.4 is 10.1 Å². The smallest absolute Gasteiger partial charge is 0.178 e. The lowest BCUT2D eigenvalue weighted by atomic mass is 10.3. The lowest BCUT2D eigenvalue weighted by molar-refractivity contribution is 0.416. The first-order valence-electron chi connectivity index (χ1n) is 4.63. The van der Waals surface area contributed by atoms with E-state index < -0.39 is 9.84 Å². The molecule has 15 heavy (non-hydrogen) atoms. The van der Waals surface area contributed by atoms with Gasteiger partial charge in [-0.05, 0) is 18.2 Å². The minimum Gasteiger partial charge on any atom is -0.495 e. The molecule has 5 heteroatoms. The van der Waals surface area contributed by atoms with Crippen molar-refractivity contribution in [2.45, 2.75) is 11.8 Å². The molecule has 1 N–H and O–H groups in total. The highest BCUT2D eigenvalue weighted by atomic mass is 32.2. The Morgan fingerprint density at radius 1 is 1.40 bits per heavy atom. The molecule has 84 valence electrons. The van der Waals surface area contributed by atoms with Crippen LogP contribution in [0.2, 0.25) is 0 Å². The normalized spacial score (nSPS) is 11.1. The lowest BCUT2D eigenvalue weighted by Gasteiger charge is -2.09. The van der Waals surface area contributed by atoms with Gasteiger partial charge in [0.25, 0.3) is 0 Å². The summed E-state index contributed by atoms with van der Waals surface area (Å²) < 4.78 is 28.3. The monoisotopic (exact) mass is 229 g/mol. The molecule has 0 unspecified atom stereocenters. The van der Waals surface area contributed by atoms with Crippen molar-refractivity contribution in [1.82, 2.24) is 0 Å². The number of anilines is 1. The summed E-state index contributed by atoms with van der Waals surface area (Å²) in [4.78, 5) is 0.315. The molecular weight excluding hydrogens is 214 g/mol. The molecular formula is C10H15NO3S. The topological polar surface area (TPSA) is 55.4 Å². The average Bonchev–Trinajstić information content (AvgIpc) is 2.28. The molecule has 4 nitrogen and oxygen atoms in total. The van der Waals surface area contributed by atoms with Crippen molar-refractivity contribution in [3.8, 4) is 5.75 Å². The molecule has 0 spiro atoms. The van der Waals surface area contributed by atoms with Crippen LogP contribution in [-0.2, 0) is 9.84 Å². The van der Waals surface area contributed by atoms with Crippen molar-refractivity contribution >= 4 is 15.5 Å². The third kappa shape index (κ3) is 2.41. The van der Waals surface area contributed by atoms with Crippen molar-refractivity contribution in [3.05, 3.63) is 18.2 Å². The predicted molar refractivity (Wildman–Crippen MR) is 60.3 cm³/mol. The van der Waals surface area contributed by atoms with E-state index in [9.17, 15) is 8.42 Å². The molecule has 0 heterocycles. The summed E-state index contributed by atoms with van der Waals surface area (Å²) >= 11 is 0. The van der Waals surface area contributed by atoms with Crippen molar-refractivity contribution in [2.75, 3.05) is 25.2 Å². The third-order valence-corrected chi connectivity index (χ3v) is 3.91. The number of methoxy groups -OCH3 is 1. The van der Waals surface area contributed by atoms with Gasteiger partial charge in [-0.1, -0.05) is 6.92 Å². The molecule has 1 rings (SSSR count). The molecule has 0 atom stereocenters. The van der Waals surface area contributed by atoms with Crippen molar-refractivity contribution in [1.29, 1.82) is 0 Å². The molecule has 1 aromatic rings. The lowest BCUT2D eigenvalue weighted by Crippen LogP contribution is -2.04. The van der Waals surface area contributed by atoms with Gasteiger partial charge in [-0.2, -0.15) is 0 Å². The number of hydrogen-bond acceptors (Lipinski definition) is 4. The van der Waals surface area contributed by atoms with E-state index in [1.54, 1.807) is 39.3 Å². The fraction of sp³-hybridized carbons (Fsp3) is 0.400. The molecule has 0 bridgehead atoms. The fourth-order valence-corrected chi connectivity index (χ4v) is 2.15. The van der Waals surface area contributed by atoms with E-state index in [0.717, 1.165) is 0 Å². The highest BCUT2D eigenvalue weighted by Crippen LogP contribution is 2.27. The Labute approximate surface area is 90.2 Å². The largest absolute Gasteiger partial charge is 0.495 e. The van der Waals surface area contributed by atoms with E-state index in [-0.39, 0.29) is 5.75 Å². The molecule has 0 radical (unpaired) electrons. The summed E-state index contributed by atoms with van der Waals surface area (Å²) in [5, 5.41) is 2.89. The molecule has 0 aromatic heterocycles. The van der Waals surface area contributed by atoms with Crippen LogP contribution in [0, 0.1) is 0 Å². The SMILES string of the molecule is CCS(=O)(=O)c1ccc(OC)c(NC)c1. The van der Waals surface area contributed by atoms with E-state index in [0.29, 0.717) is 16.3 Å². The van der Waals surface area contributed by atoms with Crippen LogP contribution in [0.5, 0.6) is 5.75 Å². The summed E-state index contributed by atoms with van der Waals surface area (Å²) in [5.41, 5.74) is 0.673. The standard InChI is InChI=1S/C10H15NO3S/c1-4-15(12,13)8-5-6-10(14-3)9(7-8)11-2/h5-7,11H,4H2,1-3H3. The van der Waals surface area contributed by atoms with Gasteiger partial charge in [0, 0.05) is 7.05 Å². The third-order valence-electron chi connectivity index (χ3n) is 2.18. The van der Waals surface area contributed by atoms with Gasteiger partial charge >= 0.3 is 0 Å². The molecule has 0 saturated heterocycles. The van der Waals surface area contributed by atoms with E-state index >= 15 is 0 Å². The fourth-order valence-electron chi connectivity index (χ4n) is 1.24. The zero-order valence-corrected chi connectivity index (χ0v) is 9.89. The maximum atomic E-state index is 11.6. The van der Waals surface area contributed by atoms with Gasteiger partial charge in [-0.3, -0.25) is 0 Å². The van der Waals surface area contributed by atoms with Crippen molar-refractivity contribution in [3.63, 3.8) is 0 Å². The Bertz CT molecular complexity index is 440. The van der Waals surface area contributed by atoms with Crippen LogP contribution in [-0.4, -0.2) is 28.3 Å². The zero-order valence-electron chi connectivity index (χ0n) is 9.07. The molecule has 0 aliphatic rings. The number of ether oxygens (including phenoxy) is 1. The first-order valence-corrected chi connectivity index (χ1v) is 6.29. The highest BCUT2D eigenvalue weighted by molar-refractivity contribution is 7.91. The van der Waals surface area contributed by atoms with E-state index in [4.69, 9.17) is 4.74 Å². The summed E-state index contributed by atoms with van der Waals surface area (Å²) in [6.07, 6.45) is 0. The molecule has 0 amide bonds. The van der Waals surface area contributed by atoms with Gasteiger partial charge in [0.2, 0.25) is 0 Å². The quantitative estimate of drug-likeness (QED) is 0.850. The maximum absolute atomic E-state index is 11.6. The number of benzene rings is 1. The summed E-state index contributed by atoms with van der Waals surface area (Å²) in [6.45, 7) is 1.62. The second kappa shape index (κ2) is 4.53. The molecule has 0 aliphatic carbocycles. The van der Waals surface area contributed by atoms with Crippen molar-refractivity contribution in [2.24, 2.45) is 0 Å². The number of sulfone groups is 1. The Balaban J connectivity index is 3.26. The van der Waals surface area contributed by atoms with E-state index in [1.807, 2.05) is 0 Å². The van der Waals surface area contributed by atoms with E-state index in [1.165, 1.54) is 0 Å². The van der Waals surface area contributed by atoms with Crippen LogP contribution in [0.4, 0.5) is 5.69 Å². The molecule has 1 aromatic carbocycles. The summed E-state index contributed by atoms with van der Waals surface area (Å²) in [7, 11) is 0.117. The Kier molecular flexibility index (Phi) is 3.57. The van der Waals surface area contributed by atoms with Crippen molar-refractivity contribution < 1.29 is 13.2 Å². The Morgan fingerprint density at radius 3 is 2.53 bits per heavy atom. The van der Waals surface area contributed by atoms with Crippen LogP contribution in [0.3, 0.4) is 0 Å². The average molecular weight is 229 g/mol. The van der Waals surface area contributed by atoms with Crippen LogP contribution in [0.1, 0.15) is 6.92 Å². The minimum absolute atomic E-state index is 0.0997. The Hall–Kier alpha value is -1.23. The second-order valence-electron chi connectivity index (χ2n) is 3.02. The van der Waals surface area contributed by atoms with Gasteiger partial charge < -0.3 is 10.1 Å². The highest BCUT2D eigenvalue weighted by Gasteiger charge is 2.13. The number of rotatable bonds is 4. The first kappa shape index (κ1) is 11.8. The predicted octanol–water partition coefficient (Wildman–Crippen LogP) is 1.53.